The summed E-state index contributed by atoms with van der Waals surface area (Å²) >= 11 is 0. The molecular weight excluding hydrogens is 371 g/mol. The Morgan fingerprint density at radius 1 is 1.00 bits per heavy atom. The molecule has 0 aromatic heterocycles. The Balaban J connectivity index is 1.41. The minimum atomic E-state index is -0.254. The largest absolute Gasteiger partial charge is 0.366 e. The van der Waals surface area contributed by atoms with Crippen LogP contribution in [0.5, 0.6) is 0 Å². The van der Waals surface area contributed by atoms with E-state index < -0.39 is 0 Å². The second-order valence-corrected chi connectivity index (χ2v) is 7.23. The molecule has 6 nitrogen and oxygen atoms in total. The molecule has 0 aliphatic carbocycles. The quantitative estimate of drug-likeness (QED) is 0.870. The number of amides is 2. The molecule has 2 aliphatic rings. The molecule has 4 rings (SSSR count). The lowest BCUT2D eigenvalue weighted by Gasteiger charge is -2.37. The number of halogens is 1. The summed E-state index contributed by atoms with van der Waals surface area (Å²) in [6.45, 7) is 4.07. The zero-order valence-electron chi connectivity index (χ0n) is 16.3. The first-order valence-corrected chi connectivity index (χ1v) is 9.68. The van der Waals surface area contributed by atoms with Gasteiger partial charge in [-0.3, -0.25) is 15.0 Å². The van der Waals surface area contributed by atoms with Crippen molar-refractivity contribution in [3.8, 4) is 0 Å². The fourth-order valence-corrected chi connectivity index (χ4v) is 3.58. The topological polar surface area (TPSA) is 55.9 Å². The molecule has 0 spiro atoms. The molecule has 2 amide bonds. The molecule has 1 fully saturated rings. The van der Waals surface area contributed by atoms with Gasteiger partial charge in [0.05, 0.1) is 11.4 Å². The Labute approximate surface area is 169 Å². The second kappa shape index (κ2) is 7.95. The van der Waals surface area contributed by atoms with Gasteiger partial charge in [0, 0.05) is 32.6 Å². The fraction of sp³-hybridized carbons (Fsp3) is 0.273. The molecule has 150 valence electrons. The molecule has 2 aliphatic heterocycles. The number of hydrogen-bond acceptors (Lipinski definition) is 4. The minimum Gasteiger partial charge on any atom is -0.366 e. The maximum Gasteiger partial charge on any atom is 0.271 e. The smallest absolute Gasteiger partial charge is 0.271 e. The van der Waals surface area contributed by atoms with Crippen molar-refractivity contribution < 1.29 is 14.0 Å². The number of carbonyl (C=O) groups excluding carboxylic acids is 2. The predicted molar refractivity (Wildman–Crippen MR) is 110 cm³/mol. The van der Waals surface area contributed by atoms with Crippen LogP contribution in [0.3, 0.4) is 0 Å². The van der Waals surface area contributed by atoms with E-state index in [-0.39, 0.29) is 24.1 Å². The van der Waals surface area contributed by atoms with E-state index in [0.29, 0.717) is 43.3 Å². The lowest BCUT2D eigenvalue weighted by atomic mass is 10.2. The molecule has 0 saturated carbocycles. The van der Waals surface area contributed by atoms with E-state index in [2.05, 4.69) is 5.43 Å². The number of anilines is 2. The molecule has 0 atom stereocenters. The maximum atomic E-state index is 14.0. The minimum absolute atomic E-state index is 0.116. The summed E-state index contributed by atoms with van der Waals surface area (Å²) in [5.74, 6) is -0.520. The molecular formula is C22H23FN4O2. The van der Waals surface area contributed by atoms with Crippen LogP contribution < -0.4 is 15.3 Å². The van der Waals surface area contributed by atoms with Gasteiger partial charge >= 0.3 is 0 Å². The molecule has 1 N–H and O–H groups in total. The second-order valence-electron chi connectivity index (χ2n) is 7.23. The summed E-state index contributed by atoms with van der Waals surface area (Å²) in [6, 6.07) is 14.2. The Morgan fingerprint density at radius 3 is 2.38 bits per heavy atom. The van der Waals surface area contributed by atoms with Crippen molar-refractivity contribution in [1.29, 1.82) is 0 Å². The van der Waals surface area contributed by atoms with Crippen LogP contribution in [0.1, 0.15) is 12.0 Å². The number of carbonyl (C=O) groups is 2. The van der Waals surface area contributed by atoms with E-state index in [4.69, 9.17) is 0 Å². The van der Waals surface area contributed by atoms with Crippen molar-refractivity contribution in [1.82, 2.24) is 10.3 Å². The van der Waals surface area contributed by atoms with Crippen molar-refractivity contribution in [2.45, 2.75) is 13.3 Å². The van der Waals surface area contributed by atoms with Crippen molar-refractivity contribution in [3.63, 3.8) is 0 Å². The normalized spacial score (nSPS) is 17.1. The Kier molecular flexibility index (Phi) is 5.20. The third-order valence-corrected chi connectivity index (χ3v) is 5.25. The summed E-state index contributed by atoms with van der Waals surface area (Å²) in [7, 11) is 0. The van der Waals surface area contributed by atoms with Crippen LogP contribution in [-0.2, 0) is 9.59 Å². The van der Waals surface area contributed by atoms with E-state index >= 15 is 0 Å². The number of rotatable bonds is 3. The number of aryl methyl sites for hydroxylation is 1. The number of piperazine rings is 1. The van der Waals surface area contributed by atoms with E-state index in [1.165, 1.54) is 11.1 Å². The van der Waals surface area contributed by atoms with Gasteiger partial charge in [-0.05, 0) is 37.3 Å². The van der Waals surface area contributed by atoms with Gasteiger partial charge in [0.1, 0.15) is 11.5 Å². The Morgan fingerprint density at radius 2 is 1.69 bits per heavy atom. The Hall–Kier alpha value is -3.35. The highest BCUT2D eigenvalue weighted by atomic mass is 19.1. The van der Waals surface area contributed by atoms with Gasteiger partial charge in [-0.15, -0.1) is 0 Å². The van der Waals surface area contributed by atoms with Gasteiger partial charge in [0.2, 0.25) is 5.91 Å². The fourth-order valence-electron chi connectivity index (χ4n) is 3.58. The predicted octanol–water partition coefficient (Wildman–Crippen LogP) is 2.61. The standard InChI is InChI=1S/C22H23FN4O2/c1-16-6-8-17(9-7-16)27-21(28)11-10-19(24-27)22(29)26-14-12-25(13-15-26)20-5-3-2-4-18(20)23/h2-10,24H,11-15H2,1H3. The lowest BCUT2D eigenvalue weighted by Crippen LogP contribution is -2.53. The molecule has 7 heteroatoms. The molecule has 0 radical (unpaired) electrons. The average molecular weight is 394 g/mol. The zero-order valence-corrected chi connectivity index (χ0v) is 16.3. The SMILES string of the molecule is Cc1ccc(N2NC(C(=O)N3CCN(c4ccccc4F)CC3)=CCC2=O)cc1. The molecule has 2 aromatic carbocycles. The summed E-state index contributed by atoms with van der Waals surface area (Å²) in [5, 5.41) is 1.42. The van der Waals surface area contributed by atoms with E-state index in [0.717, 1.165) is 5.56 Å². The number of nitrogens with zero attached hydrogens (tertiary/aromatic N) is 3. The van der Waals surface area contributed by atoms with E-state index in [1.54, 1.807) is 23.1 Å². The third kappa shape index (κ3) is 3.94. The van der Waals surface area contributed by atoms with Gasteiger partial charge in [0.25, 0.3) is 5.91 Å². The summed E-state index contributed by atoms with van der Waals surface area (Å²) in [6.07, 6.45) is 1.80. The van der Waals surface area contributed by atoms with Gasteiger partial charge in [-0.2, -0.15) is 0 Å². The van der Waals surface area contributed by atoms with Crippen LogP contribution in [0.15, 0.2) is 60.3 Å². The first-order chi connectivity index (χ1) is 14.0. The average Bonchev–Trinajstić information content (AvgIpc) is 2.75. The van der Waals surface area contributed by atoms with Crippen LogP contribution >= 0.6 is 0 Å². The Bertz CT molecular complexity index is 950. The molecule has 2 heterocycles. The molecule has 1 saturated heterocycles. The van der Waals surface area contributed by atoms with E-state index in [1.807, 2.05) is 42.2 Å². The summed E-state index contributed by atoms with van der Waals surface area (Å²) < 4.78 is 14.0. The van der Waals surface area contributed by atoms with Crippen molar-refractivity contribution >= 4 is 23.2 Å². The highest BCUT2D eigenvalue weighted by Gasteiger charge is 2.29. The molecule has 29 heavy (non-hydrogen) atoms. The van der Waals surface area contributed by atoms with Crippen molar-refractivity contribution in [2.75, 3.05) is 36.1 Å². The number of nitrogens with one attached hydrogen (secondary N) is 1. The van der Waals surface area contributed by atoms with Crippen LogP contribution in [0.25, 0.3) is 0 Å². The number of hydrazine groups is 1. The molecule has 0 unspecified atom stereocenters. The van der Waals surface area contributed by atoms with Crippen LogP contribution in [0, 0.1) is 12.7 Å². The first kappa shape index (κ1) is 19.0. The monoisotopic (exact) mass is 394 g/mol. The summed E-state index contributed by atoms with van der Waals surface area (Å²) in [5.41, 5.74) is 5.71. The molecule has 0 bridgehead atoms. The number of hydrogen-bond donors (Lipinski definition) is 1. The summed E-state index contributed by atoms with van der Waals surface area (Å²) in [4.78, 5) is 29.0. The van der Waals surface area contributed by atoms with Crippen LogP contribution in [-0.4, -0.2) is 42.9 Å². The van der Waals surface area contributed by atoms with Gasteiger partial charge in [-0.25, -0.2) is 9.40 Å². The van der Waals surface area contributed by atoms with Crippen LogP contribution in [0.4, 0.5) is 15.8 Å². The van der Waals surface area contributed by atoms with Crippen LogP contribution in [0.2, 0.25) is 0 Å². The van der Waals surface area contributed by atoms with Gasteiger partial charge < -0.3 is 9.80 Å². The highest BCUT2D eigenvalue weighted by Crippen LogP contribution is 2.22. The first-order valence-electron chi connectivity index (χ1n) is 9.68. The molecule has 2 aromatic rings. The van der Waals surface area contributed by atoms with Gasteiger partial charge in [0.15, 0.2) is 0 Å². The van der Waals surface area contributed by atoms with E-state index in [9.17, 15) is 14.0 Å². The number of benzene rings is 2. The maximum absolute atomic E-state index is 14.0. The lowest BCUT2D eigenvalue weighted by molar-refractivity contribution is -0.128. The highest BCUT2D eigenvalue weighted by molar-refractivity contribution is 6.01. The van der Waals surface area contributed by atoms with Crippen molar-refractivity contribution in [2.24, 2.45) is 0 Å². The number of para-hydroxylation sites is 1. The zero-order chi connectivity index (χ0) is 20.4. The third-order valence-electron chi connectivity index (χ3n) is 5.25. The van der Waals surface area contributed by atoms with Gasteiger partial charge in [-0.1, -0.05) is 29.8 Å². The van der Waals surface area contributed by atoms with Crippen molar-refractivity contribution in [3.05, 3.63) is 71.7 Å².